The van der Waals surface area contributed by atoms with E-state index in [-0.39, 0.29) is 35.2 Å². The minimum atomic E-state index is -1.07. The van der Waals surface area contributed by atoms with Gasteiger partial charge < -0.3 is 10.2 Å². The van der Waals surface area contributed by atoms with E-state index in [2.05, 4.69) is 6.92 Å². The molecule has 0 aromatic heterocycles. The smallest absolute Gasteiger partial charge is 0.303 e. The van der Waals surface area contributed by atoms with Crippen molar-refractivity contribution in [1.29, 1.82) is 0 Å². The summed E-state index contributed by atoms with van der Waals surface area (Å²) in [6.45, 7) is 4.07. The first-order chi connectivity index (χ1) is 12.6. The second-order valence-electron chi connectivity index (χ2n) is 9.38. The van der Waals surface area contributed by atoms with Crippen LogP contribution >= 0.6 is 0 Å². The summed E-state index contributed by atoms with van der Waals surface area (Å²) in [5.74, 6) is -0.617. The van der Waals surface area contributed by atoms with Crippen molar-refractivity contribution in [3.63, 3.8) is 0 Å². The fraction of sp³-hybridized carbons (Fsp3) is 0.682. The Balaban J connectivity index is 1.84. The predicted molar refractivity (Wildman–Crippen MR) is 98.9 cm³/mol. The first-order valence-electron chi connectivity index (χ1n) is 10.1. The standard InChI is InChI=1S/C22H28O5/c1-20-8-5-14(23)12-16(20)13(3-4-19(25)26)11-17-15(20)6-9-21(2)18(24)7-10-22(17,21)27/h11-12,15,17,27H,3-10H2,1-2H3,(H,25,26)/t15-,17+,20+,21+,22-/m0/s1. The summed E-state index contributed by atoms with van der Waals surface area (Å²) in [5, 5.41) is 20.9. The van der Waals surface area contributed by atoms with Crippen LogP contribution in [0.15, 0.2) is 23.3 Å². The zero-order valence-corrected chi connectivity index (χ0v) is 16.1. The van der Waals surface area contributed by atoms with Crippen molar-refractivity contribution in [3.8, 4) is 0 Å². The fourth-order valence-corrected chi connectivity index (χ4v) is 6.44. The van der Waals surface area contributed by atoms with E-state index in [1.165, 1.54) is 0 Å². The lowest BCUT2D eigenvalue weighted by Gasteiger charge is -2.59. The minimum Gasteiger partial charge on any atom is -0.481 e. The highest BCUT2D eigenvalue weighted by molar-refractivity contribution is 5.93. The Morgan fingerprint density at radius 2 is 1.93 bits per heavy atom. The quantitative estimate of drug-likeness (QED) is 0.794. The Morgan fingerprint density at radius 1 is 1.19 bits per heavy atom. The van der Waals surface area contributed by atoms with Crippen LogP contribution in [0.1, 0.15) is 65.2 Å². The monoisotopic (exact) mass is 372 g/mol. The summed E-state index contributed by atoms with van der Waals surface area (Å²) < 4.78 is 0. The van der Waals surface area contributed by atoms with Crippen molar-refractivity contribution in [2.24, 2.45) is 22.7 Å². The first kappa shape index (κ1) is 18.6. The molecule has 0 saturated heterocycles. The summed E-state index contributed by atoms with van der Waals surface area (Å²) in [4.78, 5) is 35.9. The molecule has 0 aromatic rings. The van der Waals surface area contributed by atoms with Gasteiger partial charge in [0.15, 0.2) is 5.78 Å². The highest BCUT2D eigenvalue weighted by Gasteiger charge is 2.66. The number of carbonyl (C=O) groups is 3. The second-order valence-corrected chi connectivity index (χ2v) is 9.38. The molecule has 2 N–H and O–H groups in total. The number of allylic oxidation sites excluding steroid dienone is 3. The summed E-state index contributed by atoms with van der Waals surface area (Å²) in [6, 6.07) is 0. The molecule has 5 atom stereocenters. The highest BCUT2D eigenvalue weighted by Crippen LogP contribution is 2.65. The number of carboxylic acid groups (broad SMARTS) is 1. The van der Waals surface area contributed by atoms with E-state index in [0.717, 1.165) is 24.0 Å². The van der Waals surface area contributed by atoms with E-state index in [4.69, 9.17) is 5.11 Å². The Labute approximate surface area is 159 Å². The van der Waals surface area contributed by atoms with Gasteiger partial charge in [-0.25, -0.2) is 0 Å². The number of Topliss-reactive ketones (excluding diaryl/α,β-unsaturated/α-hetero) is 1. The molecule has 0 unspecified atom stereocenters. The molecule has 4 aliphatic carbocycles. The summed E-state index contributed by atoms with van der Waals surface area (Å²) in [7, 11) is 0. The molecule has 5 heteroatoms. The molecule has 146 valence electrons. The molecule has 2 fully saturated rings. The normalized spacial score (nSPS) is 43.4. The minimum absolute atomic E-state index is 0.000538. The zero-order chi connectivity index (χ0) is 19.6. The van der Waals surface area contributed by atoms with Crippen LogP contribution < -0.4 is 0 Å². The van der Waals surface area contributed by atoms with Gasteiger partial charge in [-0.05, 0) is 67.6 Å². The number of aliphatic carboxylic acids is 1. The topological polar surface area (TPSA) is 91.7 Å². The maximum absolute atomic E-state index is 12.6. The van der Waals surface area contributed by atoms with E-state index in [9.17, 15) is 19.5 Å². The molecule has 2 saturated carbocycles. The lowest BCUT2D eigenvalue weighted by atomic mass is 9.46. The van der Waals surface area contributed by atoms with Crippen LogP contribution in [0.2, 0.25) is 0 Å². The van der Waals surface area contributed by atoms with Crippen LogP contribution in [-0.4, -0.2) is 33.3 Å². The molecule has 0 radical (unpaired) electrons. The molecular formula is C22H28O5. The predicted octanol–water partition coefficient (Wildman–Crippen LogP) is 3.21. The van der Waals surface area contributed by atoms with Gasteiger partial charge in [-0.15, -0.1) is 0 Å². The molecule has 0 heterocycles. The zero-order valence-electron chi connectivity index (χ0n) is 16.1. The molecule has 0 aliphatic heterocycles. The number of hydrogen-bond acceptors (Lipinski definition) is 4. The number of aliphatic hydroxyl groups is 1. The van der Waals surface area contributed by atoms with Gasteiger partial charge in [0, 0.05) is 25.2 Å². The van der Waals surface area contributed by atoms with Crippen molar-refractivity contribution in [1.82, 2.24) is 0 Å². The van der Waals surface area contributed by atoms with Crippen molar-refractivity contribution in [2.45, 2.75) is 70.8 Å². The van der Waals surface area contributed by atoms with Gasteiger partial charge in [0.25, 0.3) is 0 Å². The van der Waals surface area contributed by atoms with Crippen LogP contribution in [0.25, 0.3) is 0 Å². The third kappa shape index (κ3) is 2.43. The molecule has 4 aliphatic rings. The molecule has 0 bridgehead atoms. The van der Waals surface area contributed by atoms with Gasteiger partial charge in [-0.1, -0.05) is 13.0 Å². The summed E-state index contributed by atoms with van der Waals surface area (Å²) in [5.41, 5.74) is -0.185. The van der Waals surface area contributed by atoms with Gasteiger partial charge in [-0.2, -0.15) is 0 Å². The average molecular weight is 372 g/mol. The second kappa shape index (κ2) is 5.87. The maximum Gasteiger partial charge on any atom is 0.303 e. The average Bonchev–Trinajstić information content (AvgIpc) is 2.85. The van der Waals surface area contributed by atoms with Crippen LogP contribution in [0, 0.1) is 22.7 Å². The van der Waals surface area contributed by atoms with E-state index in [0.29, 0.717) is 32.1 Å². The van der Waals surface area contributed by atoms with E-state index < -0.39 is 17.0 Å². The van der Waals surface area contributed by atoms with E-state index in [1.807, 2.05) is 13.0 Å². The molecule has 0 amide bonds. The Bertz CT molecular complexity index is 793. The Kier molecular flexibility index (Phi) is 4.05. The molecule has 0 aromatic carbocycles. The van der Waals surface area contributed by atoms with Crippen molar-refractivity contribution in [3.05, 3.63) is 23.3 Å². The maximum atomic E-state index is 12.6. The molecule has 5 nitrogen and oxygen atoms in total. The number of fused-ring (bicyclic) bond motifs is 5. The third-order valence-corrected chi connectivity index (χ3v) is 8.21. The number of carbonyl (C=O) groups excluding carboxylic acids is 2. The Morgan fingerprint density at radius 3 is 2.63 bits per heavy atom. The summed E-state index contributed by atoms with van der Waals surface area (Å²) >= 11 is 0. The number of ketones is 2. The largest absolute Gasteiger partial charge is 0.481 e. The lowest BCUT2D eigenvalue weighted by molar-refractivity contribution is -0.163. The van der Waals surface area contributed by atoms with Crippen molar-refractivity contribution < 1.29 is 24.6 Å². The van der Waals surface area contributed by atoms with E-state index >= 15 is 0 Å². The van der Waals surface area contributed by atoms with Crippen molar-refractivity contribution in [2.75, 3.05) is 0 Å². The number of rotatable bonds is 3. The van der Waals surface area contributed by atoms with Crippen LogP contribution in [0.5, 0.6) is 0 Å². The molecular weight excluding hydrogens is 344 g/mol. The van der Waals surface area contributed by atoms with Crippen LogP contribution in [-0.2, 0) is 14.4 Å². The fourth-order valence-electron chi connectivity index (χ4n) is 6.44. The number of carboxylic acids is 1. The van der Waals surface area contributed by atoms with Crippen molar-refractivity contribution >= 4 is 17.5 Å². The first-order valence-corrected chi connectivity index (χ1v) is 10.1. The van der Waals surface area contributed by atoms with Gasteiger partial charge >= 0.3 is 5.97 Å². The van der Waals surface area contributed by atoms with Gasteiger partial charge in [-0.3, -0.25) is 14.4 Å². The molecule has 27 heavy (non-hydrogen) atoms. The molecule has 0 spiro atoms. The van der Waals surface area contributed by atoms with Gasteiger partial charge in [0.1, 0.15) is 5.78 Å². The van der Waals surface area contributed by atoms with Gasteiger partial charge in [0.2, 0.25) is 0 Å². The highest BCUT2D eigenvalue weighted by atomic mass is 16.4. The number of hydrogen-bond donors (Lipinski definition) is 2. The summed E-state index contributed by atoms with van der Waals surface area (Å²) in [6.07, 6.45) is 7.72. The Hall–Kier alpha value is -1.75. The third-order valence-electron chi connectivity index (χ3n) is 8.21. The van der Waals surface area contributed by atoms with Crippen LogP contribution in [0.4, 0.5) is 0 Å². The SMILES string of the molecule is C[C@]12CCC(=O)C=C1C(CCC(=O)O)=C[C@@H]1[C@@H]2CC[C@]2(C)C(=O)CC[C@]12O. The van der Waals surface area contributed by atoms with Crippen LogP contribution in [0.3, 0.4) is 0 Å². The van der Waals surface area contributed by atoms with Gasteiger partial charge in [0.05, 0.1) is 11.0 Å². The lowest BCUT2D eigenvalue weighted by Crippen LogP contribution is -2.60. The molecule has 4 rings (SSSR count). The van der Waals surface area contributed by atoms with E-state index in [1.54, 1.807) is 6.08 Å².